The fraction of sp³-hybridized carbons (Fsp3) is 1.00. The van der Waals surface area contributed by atoms with Crippen molar-refractivity contribution in [3.8, 4) is 0 Å². The molecular weight excluding hydrogens is 302 g/mol. The smallest absolute Gasteiger partial charge is 0.331 e. The standard InChI is InChI=1S/C8H8F10O/c1-2-3-4(9,10)5(11,12)6(13,14)7(15,16)8(17,18)19/h19H,2-3H2,1H3. The van der Waals surface area contributed by atoms with Crippen LogP contribution in [0.25, 0.3) is 0 Å². The van der Waals surface area contributed by atoms with Crippen LogP contribution in [-0.2, 0) is 0 Å². The van der Waals surface area contributed by atoms with Crippen molar-refractivity contribution in [2.24, 2.45) is 0 Å². The Kier molecular flexibility index (Phi) is 4.49. The van der Waals surface area contributed by atoms with Gasteiger partial charge >= 0.3 is 29.8 Å². The van der Waals surface area contributed by atoms with Crippen molar-refractivity contribution in [3.63, 3.8) is 0 Å². The zero-order valence-corrected chi connectivity index (χ0v) is 9.14. The highest BCUT2D eigenvalue weighted by atomic mass is 19.4. The van der Waals surface area contributed by atoms with Crippen LogP contribution in [0.1, 0.15) is 19.8 Å². The Hall–Kier alpha value is -0.740. The largest absolute Gasteiger partial charge is 0.423 e. The molecule has 0 heterocycles. The predicted octanol–water partition coefficient (Wildman–Crippen LogP) is 3.91. The van der Waals surface area contributed by atoms with E-state index in [9.17, 15) is 43.9 Å². The number of rotatable bonds is 6. The summed E-state index contributed by atoms with van der Waals surface area (Å²) in [6, 6.07) is 0. The van der Waals surface area contributed by atoms with Crippen LogP contribution in [0.15, 0.2) is 0 Å². The molecule has 0 radical (unpaired) electrons. The van der Waals surface area contributed by atoms with Crippen molar-refractivity contribution in [1.82, 2.24) is 0 Å². The highest BCUT2D eigenvalue weighted by Crippen LogP contribution is 2.57. The lowest BCUT2D eigenvalue weighted by molar-refractivity contribution is -0.437. The van der Waals surface area contributed by atoms with E-state index in [0.29, 0.717) is 0 Å². The molecule has 11 heteroatoms. The number of halogens is 10. The molecule has 0 saturated carbocycles. The van der Waals surface area contributed by atoms with Crippen molar-refractivity contribution in [1.29, 1.82) is 0 Å². The Morgan fingerprint density at radius 3 is 1.32 bits per heavy atom. The van der Waals surface area contributed by atoms with Crippen LogP contribution >= 0.6 is 0 Å². The molecule has 0 aromatic rings. The summed E-state index contributed by atoms with van der Waals surface area (Å²) < 4.78 is 125. The average molecular weight is 310 g/mol. The van der Waals surface area contributed by atoms with Gasteiger partial charge in [-0.25, -0.2) is 0 Å². The normalized spacial score (nSPS) is 15.8. The molecule has 116 valence electrons. The first-order valence-corrected chi connectivity index (χ1v) is 4.67. The fourth-order valence-corrected chi connectivity index (χ4v) is 1.09. The van der Waals surface area contributed by atoms with E-state index >= 15 is 0 Å². The van der Waals surface area contributed by atoms with Gasteiger partial charge < -0.3 is 5.11 Å². The first kappa shape index (κ1) is 18.3. The van der Waals surface area contributed by atoms with Crippen LogP contribution < -0.4 is 0 Å². The van der Waals surface area contributed by atoms with Gasteiger partial charge in [0.25, 0.3) is 0 Å². The van der Waals surface area contributed by atoms with Gasteiger partial charge in [-0.3, -0.25) is 0 Å². The summed E-state index contributed by atoms with van der Waals surface area (Å²) >= 11 is 0. The summed E-state index contributed by atoms with van der Waals surface area (Å²) in [5.41, 5.74) is 0. The Bertz CT molecular complexity index is 318. The summed E-state index contributed by atoms with van der Waals surface area (Å²) in [6.07, 6.45) is -9.31. The quantitative estimate of drug-likeness (QED) is 0.738. The van der Waals surface area contributed by atoms with Gasteiger partial charge in [0.1, 0.15) is 0 Å². The maximum absolute atomic E-state index is 12.8. The molecule has 19 heavy (non-hydrogen) atoms. The second-order valence-corrected chi connectivity index (χ2v) is 3.72. The molecule has 0 unspecified atom stereocenters. The molecule has 0 aliphatic carbocycles. The van der Waals surface area contributed by atoms with Gasteiger partial charge in [0, 0.05) is 6.42 Å². The summed E-state index contributed by atoms with van der Waals surface area (Å²) in [5.74, 6) is -26.6. The van der Waals surface area contributed by atoms with E-state index < -0.39 is 42.6 Å². The van der Waals surface area contributed by atoms with Crippen molar-refractivity contribution >= 4 is 0 Å². The minimum atomic E-state index is -7.16. The lowest BCUT2D eigenvalue weighted by Crippen LogP contribution is -2.67. The predicted molar refractivity (Wildman–Crippen MR) is 41.9 cm³/mol. The average Bonchev–Trinajstić information content (AvgIpc) is 2.14. The van der Waals surface area contributed by atoms with Crippen LogP contribution in [0.3, 0.4) is 0 Å². The Labute approximate surface area is 99.7 Å². The second-order valence-electron chi connectivity index (χ2n) is 3.72. The lowest BCUT2D eigenvalue weighted by atomic mass is 9.95. The van der Waals surface area contributed by atoms with Crippen LogP contribution in [0.2, 0.25) is 0 Å². The van der Waals surface area contributed by atoms with Crippen LogP contribution in [0.4, 0.5) is 43.9 Å². The molecule has 0 spiro atoms. The van der Waals surface area contributed by atoms with Gasteiger partial charge in [0.05, 0.1) is 0 Å². The molecule has 0 bridgehead atoms. The molecule has 0 aliphatic heterocycles. The highest BCUT2D eigenvalue weighted by molar-refractivity contribution is 5.05. The number of hydrogen-bond donors (Lipinski definition) is 1. The summed E-state index contributed by atoms with van der Waals surface area (Å²) in [5, 5.41) is 7.50. The molecule has 0 atom stereocenters. The van der Waals surface area contributed by atoms with Gasteiger partial charge in [-0.2, -0.15) is 43.9 Å². The van der Waals surface area contributed by atoms with E-state index in [1.807, 2.05) is 0 Å². The van der Waals surface area contributed by atoms with E-state index in [1.54, 1.807) is 0 Å². The van der Waals surface area contributed by atoms with Gasteiger partial charge in [-0.15, -0.1) is 0 Å². The molecule has 0 aromatic heterocycles. The molecule has 0 aromatic carbocycles. The first-order chi connectivity index (χ1) is 8.06. The number of alkyl halides is 10. The molecule has 0 saturated heterocycles. The van der Waals surface area contributed by atoms with E-state index in [-0.39, 0.29) is 0 Å². The van der Waals surface area contributed by atoms with E-state index in [2.05, 4.69) is 0 Å². The van der Waals surface area contributed by atoms with Crippen LogP contribution in [-0.4, -0.2) is 34.9 Å². The maximum atomic E-state index is 12.8. The first-order valence-electron chi connectivity index (χ1n) is 4.67. The second kappa shape index (κ2) is 4.67. The van der Waals surface area contributed by atoms with Gasteiger partial charge in [0.2, 0.25) is 0 Å². The van der Waals surface area contributed by atoms with Gasteiger partial charge in [-0.05, 0) is 0 Å². The van der Waals surface area contributed by atoms with Crippen molar-refractivity contribution in [2.75, 3.05) is 0 Å². The molecule has 0 fully saturated rings. The van der Waals surface area contributed by atoms with Crippen molar-refractivity contribution < 1.29 is 49.0 Å². The molecule has 0 amide bonds. The molecular formula is C8H8F10O. The Balaban J connectivity index is 5.77. The molecule has 1 N–H and O–H groups in total. The van der Waals surface area contributed by atoms with Gasteiger partial charge in [0.15, 0.2) is 0 Å². The number of aliphatic hydroxyl groups is 1. The third-order valence-corrected chi connectivity index (χ3v) is 2.19. The SMILES string of the molecule is CCCC(F)(F)C(F)(F)C(F)(F)C(F)(F)C(O)(F)F. The minimum absolute atomic E-state index is 0.792. The van der Waals surface area contributed by atoms with E-state index in [0.717, 1.165) is 6.92 Å². The zero-order chi connectivity index (χ0) is 15.9. The lowest BCUT2D eigenvalue weighted by Gasteiger charge is -2.37. The monoisotopic (exact) mass is 310 g/mol. The van der Waals surface area contributed by atoms with Gasteiger partial charge in [-0.1, -0.05) is 13.3 Å². The molecule has 0 aliphatic rings. The molecule has 1 nitrogen and oxygen atoms in total. The summed E-state index contributed by atoms with van der Waals surface area (Å²) in [4.78, 5) is 0. The Morgan fingerprint density at radius 2 is 1.05 bits per heavy atom. The van der Waals surface area contributed by atoms with Crippen molar-refractivity contribution in [2.45, 2.75) is 49.6 Å². The van der Waals surface area contributed by atoms with E-state index in [4.69, 9.17) is 5.11 Å². The van der Waals surface area contributed by atoms with Crippen molar-refractivity contribution in [3.05, 3.63) is 0 Å². The van der Waals surface area contributed by atoms with Crippen LogP contribution in [0, 0.1) is 0 Å². The maximum Gasteiger partial charge on any atom is 0.423 e. The third-order valence-electron chi connectivity index (χ3n) is 2.19. The Morgan fingerprint density at radius 1 is 0.684 bits per heavy atom. The topological polar surface area (TPSA) is 20.2 Å². The summed E-state index contributed by atoms with van der Waals surface area (Å²) in [7, 11) is 0. The van der Waals surface area contributed by atoms with E-state index in [1.165, 1.54) is 0 Å². The third kappa shape index (κ3) is 2.61. The summed E-state index contributed by atoms with van der Waals surface area (Å²) in [6.45, 7) is 0.862. The minimum Gasteiger partial charge on any atom is -0.331 e. The highest BCUT2D eigenvalue weighted by Gasteiger charge is 2.86. The van der Waals surface area contributed by atoms with Crippen LogP contribution in [0.5, 0.6) is 0 Å². The zero-order valence-electron chi connectivity index (χ0n) is 9.14. The molecule has 0 rings (SSSR count). The fourth-order valence-electron chi connectivity index (χ4n) is 1.09. The number of hydrogen-bond acceptors (Lipinski definition) is 1.